The van der Waals surface area contributed by atoms with Gasteiger partial charge in [0.15, 0.2) is 0 Å². The molecule has 7 heteroatoms. The van der Waals surface area contributed by atoms with Crippen LogP contribution in [0.2, 0.25) is 0 Å². The molecular weight excluding hydrogens is 408 g/mol. The first kappa shape index (κ1) is 20.5. The largest absolute Gasteiger partial charge is 0.480 e. The number of alkyl carbamates (subject to hydrolysis) is 1. The van der Waals surface area contributed by atoms with Gasteiger partial charge in [-0.15, -0.1) is 0 Å². The van der Waals surface area contributed by atoms with Crippen molar-refractivity contribution in [1.29, 1.82) is 0 Å². The number of rotatable bonds is 5. The van der Waals surface area contributed by atoms with Crippen LogP contribution in [0.25, 0.3) is 11.1 Å². The third kappa shape index (κ3) is 3.32. The summed E-state index contributed by atoms with van der Waals surface area (Å²) in [7, 11) is 0. The molecule has 2 fully saturated rings. The zero-order valence-corrected chi connectivity index (χ0v) is 17.8. The van der Waals surface area contributed by atoms with Crippen LogP contribution >= 0.6 is 0 Å². The van der Waals surface area contributed by atoms with Crippen LogP contribution in [-0.2, 0) is 14.3 Å². The number of carboxylic acids is 1. The number of amides is 2. The number of carbonyl (C=O) groups is 3. The minimum Gasteiger partial charge on any atom is -0.480 e. The second-order valence-corrected chi connectivity index (χ2v) is 8.88. The predicted octanol–water partition coefficient (Wildman–Crippen LogP) is 3.52. The number of aliphatic carboxylic acids is 1. The van der Waals surface area contributed by atoms with Gasteiger partial charge < -0.3 is 20.1 Å². The van der Waals surface area contributed by atoms with E-state index in [-0.39, 0.29) is 18.4 Å². The van der Waals surface area contributed by atoms with Crippen molar-refractivity contribution < 1.29 is 24.2 Å². The molecule has 1 atom stereocenters. The molecule has 32 heavy (non-hydrogen) atoms. The van der Waals surface area contributed by atoms with Gasteiger partial charge in [-0.05, 0) is 54.4 Å². The Morgan fingerprint density at radius 3 is 2.19 bits per heavy atom. The van der Waals surface area contributed by atoms with Crippen molar-refractivity contribution in [1.82, 2.24) is 10.2 Å². The number of nitrogens with zero attached hydrogens (tertiary/aromatic N) is 1. The zero-order chi connectivity index (χ0) is 22.3. The third-order valence-electron chi connectivity index (χ3n) is 7.10. The van der Waals surface area contributed by atoms with E-state index in [1.807, 2.05) is 24.3 Å². The van der Waals surface area contributed by atoms with Crippen LogP contribution in [0, 0.1) is 0 Å². The number of nitrogens with one attached hydrogen (secondary N) is 1. The van der Waals surface area contributed by atoms with E-state index in [0.717, 1.165) is 28.7 Å². The van der Waals surface area contributed by atoms with Crippen molar-refractivity contribution >= 4 is 18.0 Å². The van der Waals surface area contributed by atoms with Gasteiger partial charge in [0.25, 0.3) is 0 Å². The molecule has 0 bridgehead atoms. The number of fused-ring (bicyclic) bond motifs is 3. The van der Waals surface area contributed by atoms with Gasteiger partial charge in [0, 0.05) is 12.5 Å². The van der Waals surface area contributed by atoms with Crippen LogP contribution in [0.1, 0.15) is 49.1 Å². The quantitative estimate of drug-likeness (QED) is 0.751. The number of likely N-dealkylation sites (tertiary alicyclic amines) is 1. The van der Waals surface area contributed by atoms with Crippen molar-refractivity contribution in [3.8, 4) is 11.1 Å². The van der Waals surface area contributed by atoms with E-state index < -0.39 is 23.6 Å². The summed E-state index contributed by atoms with van der Waals surface area (Å²) in [4.78, 5) is 38.9. The lowest BCUT2D eigenvalue weighted by molar-refractivity contribution is -0.152. The molecule has 2 aromatic rings. The van der Waals surface area contributed by atoms with E-state index in [4.69, 9.17) is 4.74 Å². The summed E-state index contributed by atoms with van der Waals surface area (Å²) in [6.07, 6.45) is 2.27. The third-order valence-corrected chi connectivity index (χ3v) is 7.10. The van der Waals surface area contributed by atoms with Crippen LogP contribution in [0.3, 0.4) is 0 Å². The van der Waals surface area contributed by atoms with E-state index in [2.05, 4.69) is 29.6 Å². The normalized spacial score (nSPS) is 20.8. The fourth-order valence-corrected chi connectivity index (χ4v) is 5.29. The monoisotopic (exact) mass is 434 g/mol. The molecule has 2 N–H and O–H groups in total. The molecule has 1 heterocycles. The zero-order valence-electron chi connectivity index (χ0n) is 17.8. The highest BCUT2D eigenvalue weighted by molar-refractivity contribution is 5.94. The molecule has 1 saturated heterocycles. The summed E-state index contributed by atoms with van der Waals surface area (Å²) < 4.78 is 5.62. The van der Waals surface area contributed by atoms with E-state index in [1.54, 1.807) is 0 Å². The highest BCUT2D eigenvalue weighted by Gasteiger charge is 2.51. The lowest BCUT2D eigenvalue weighted by Crippen LogP contribution is -2.64. The number of ether oxygens (including phenoxy) is 1. The summed E-state index contributed by atoms with van der Waals surface area (Å²) in [5.74, 6) is -1.36. The Hall–Kier alpha value is -3.35. The highest BCUT2D eigenvalue weighted by atomic mass is 16.5. The summed E-state index contributed by atoms with van der Waals surface area (Å²) in [6.45, 7) is 0.579. The van der Waals surface area contributed by atoms with Crippen LogP contribution < -0.4 is 5.32 Å². The van der Waals surface area contributed by atoms with Crippen molar-refractivity contribution in [2.24, 2.45) is 0 Å². The van der Waals surface area contributed by atoms with Gasteiger partial charge in [0.05, 0.1) is 0 Å². The summed E-state index contributed by atoms with van der Waals surface area (Å²) in [5.41, 5.74) is 3.49. The first-order valence-electron chi connectivity index (χ1n) is 11.2. The molecule has 1 aliphatic heterocycles. The van der Waals surface area contributed by atoms with E-state index in [1.165, 1.54) is 4.90 Å². The predicted molar refractivity (Wildman–Crippen MR) is 117 cm³/mol. The Labute approximate surface area is 186 Å². The summed E-state index contributed by atoms with van der Waals surface area (Å²) in [6, 6.07) is 15.4. The van der Waals surface area contributed by atoms with Crippen molar-refractivity contribution in [2.45, 2.75) is 49.6 Å². The van der Waals surface area contributed by atoms with Crippen molar-refractivity contribution in [3.05, 3.63) is 59.7 Å². The van der Waals surface area contributed by atoms with E-state index in [9.17, 15) is 19.5 Å². The van der Waals surface area contributed by atoms with Crippen molar-refractivity contribution in [2.75, 3.05) is 13.2 Å². The fraction of sp³-hybridized carbons (Fsp3) is 0.400. The Morgan fingerprint density at radius 2 is 1.62 bits per heavy atom. The molecule has 2 aromatic carbocycles. The molecule has 0 spiro atoms. The van der Waals surface area contributed by atoms with Gasteiger partial charge in [-0.3, -0.25) is 4.79 Å². The molecule has 5 rings (SSSR count). The number of benzene rings is 2. The van der Waals surface area contributed by atoms with Gasteiger partial charge in [0.2, 0.25) is 5.91 Å². The van der Waals surface area contributed by atoms with Crippen LogP contribution in [0.5, 0.6) is 0 Å². The fourth-order valence-electron chi connectivity index (χ4n) is 5.29. The maximum atomic E-state index is 13.2. The average Bonchev–Trinajstić information content (AvgIpc) is 3.38. The maximum absolute atomic E-state index is 13.2. The molecule has 0 radical (unpaired) electrons. The van der Waals surface area contributed by atoms with E-state index >= 15 is 0 Å². The summed E-state index contributed by atoms with van der Waals surface area (Å²) >= 11 is 0. The maximum Gasteiger partial charge on any atom is 0.408 e. The van der Waals surface area contributed by atoms with Crippen molar-refractivity contribution in [3.63, 3.8) is 0 Å². The molecule has 0 unspecified atom stereocenters. The minimum atomic E-state index is -1.05. The van der Waals surface area contributed by atoms with Gasteiger partial charge in [-0.25, -0.2) is 9.59 Å². The molecule has 2 amide bonds. The summed E-state index contributed by atoms with van der Waals surface area (Å²) in [5, 5.41) is 12.2. The van der Waals surface area contributed by atoms with Gasteiger partial charge in [-0.1, -0.05) is 48.5 Å². The Morgan fingerprint density at radius 1 is 1.00 bits per heavy atom. The van der Waals surface area contributed by atoms with Crippen LogP contribution in [-0.4, -0.2) is 52.7 Å². The van der Waals surface area contributed by atoms with Gasteiger partial charge >= 0.3 is 12.1 Å². The standard InChI is InChI=1S/C25H26N2O5/c28-22(29)21-11-5-14-27(21)23(30)25(12-6-13-25)26-24(31)32-15-20-18-9-3-1-7-16(18)17-8-2-4-10-19(17)20/h1-4,7-10,20-21H,5-6,11-15H2,(H,26,31)(H,28,29)/t21-/m0/s1. The van der Waals surface area contributed by atoms with Gasteiger partial charge in [0.1, 0.15) is 18.2 Å². The molecule has 0 aromatic heterocycles. The molecule has 1 saturated carbocycles. The number of carbonyl (C=O) groups excluding carboxylic acids is 2. The number of hydrogen-bond donors (Lipinski definition) is 2. The molecule has 166 valence electrons. The molecule has 3 aliphatic rings. The Bertz CT molecular complexity index is 1030. The Kier molecular flexibility index (Phi) is 5.12. The first-order valence-corrected chi connectivity index (χ1v) is 11.2. The lowest BCUT2D eigenvalue weighted by atomic mass is 9.75. The minimum absolute atomic E-state index is 0.0591. The smallest absolute Gasteiger partial charge is 0.408 e. The van der Waals surface area contributed by atoms with Crippen LogP contribution in [0.4, 0.5) is 4.79 Å². The second kappa shape index (κ2) is 7.97. The first-order chi connectivity index (χ1) is 15.5. The van der Waals surface area contributed by atoms with Crippen LogP contribution in [0.15, 0.2) is 48.5 Å². The molecular formula is C25H26N2O5. The SMILES string of the molecule is O=C(NC1(C(=O)N2CCC[C@H]2C(=O)O)CCC1)OCC1c2ccccc2-c2ccccc21. The number of carboxylic acid groups (broad SMARTS) is 1. The lowest BCUT2D eigenvalue weighted by Gasteiger charge is -2.43. The second-order valence-electron chi connectivity index (χ2n) is 8.88. The van der Waals surface area contributed by atoms with Gasteiger partial charge in [-0.2, -0.15) is 0 Å². The average molecular weight is 434 g/mol. The van der Waals surface area contributed by atoms with E-state index in [0.29, 0.717) is 32.2 Å². The molecule has 7 nitrogen and oxygen atoms in total. The number of hydrogen-bond acceptors (Lipinski definition) is 4. The topological polar surface area (TPSA) is 95.9 Å². The Balaban J connectivity index is 1.28. The highest BCUT2D eigenvalue weighted by Crippen LogP contribution is 2.44. The molecule has 2 aliphatic carbocycles.